The molecule has 1 aromatic heterocycles. The van der Waals surface area contributed by atoms with E-state index in [1.54, 1.807) is 23.0 Å². The standard InChI is InChI=1S/C24H22BrClN4O/c1-3-4-5-16-6-9-18(10-7-16)30-28-22-12-15(2)21(14-23(22)29-30)27-24(31)19-13-17(25)8-11-20(19)26/h6-14H,3-5H2,1-2H3,(H,27,31). The van der Waals surface area contributed by atoms with Crippen LogP contribution in [-0.2, 0) is 6.42 Å². The van der Waals surface area contributed by atoms with Gasteiger partial charge in [-0.05, 0) is 73.4 Å². The van der Waals surface area contributed by atoms with Crippen molar-refractivity contribution in [3.05, 3.63) is 80.8 Å². The van der Waals surface area contributed by atoms with E-state index in [9.17, 15) is 4.79 Å². The maximum atomic E-state index is 12.8. The van der Waals surface area contributed by atoms with Crippen molar-refractivity contribution in [1.82, 2.24) is 15.0 Å². The zero-order valence-electron chi connectivity index (χ0n) is 17.3. The zero-order chi connectivity index (χ0) is 22.0. The number of benzene rings is 3. The van der Waals surface area contributed by atoms with Gasteiger partial charge in [0, 0.05) is 10.2 Å². The van der Waals surface area contributed by atoms with Gasteiger partial charge in [0.25, 0.3) is 5.91 Å². The number of rotatable bonds is 6. The molecule has 4 aromatic rings. The Morgan fingerprint density at radius 1 is 1.06 bits per heavy atom. The summed E-state index contributed by atoms with van der Waals surface area (Å²) in [6.45, 7) is 4.12. The minimum Gasteiger partial charge on any atom is -0.322 e. The summed E-state index contributed by atoms with van der Waals surface area (Å²) >= 11 is 9.57. The Kier molecular flexibility index (Phi) is 6.39. The van der Waals surface area contributed by atoms with Crippen molar-refractivity contribution < 1.29 is 4.79 Å². The van der Waals surface area contributed by atoms with Crippen LogP contribution in [0, 0.1) is 6.92 Å². The normalized spacial score (nSPS) is 11.1. The third-order valence-electron chi connectivity index (χ3n) is 5.13. The Bertz CT molecular complexity index is 1250. The van der Waals surface area contributed by atoms with Crippen LogP contribution in [0.25, 0.3) is 16.7 Å². The molecule has 0 aliphatic rings. The number of fused-ring (bicyclic) bond motifs is 1. The molecule has 0 radical (unpaired) electrons. The van der Waals surface area contributed by atoms with Gasteiger partial charge in [-0.2, -0.15) is 4.80 Å². The van der Waals surface area contributed by atoms with Gasteiger partial charge in [-0.3, -0.25) is 4.79 Å². The summed E-state index contributed by atoms with van der Waals surface area (Å²) in [6, 6.07) is 17.3. The van der Waals surface area contributed by atoms with Gasteiger partial charge in [-0.1, -0.05) is 53.0 Å². The number of nitrogens with one attached hydrogen (secondary N) is 1. The van der Waals surface area contributed by atoms with Crippen LogP contribution in [0.5, 0.6) is 0 Å². The van der Waals surface area contributed by atoms with E-state index >= 15 is 0 Å². The van der Waals surface area contributed by atoms with E-state index in [-0.39, 0.29) is 5.91 Å². The van der Waals surface area contributed by atoms with E-state index in [1.165, 1.54) is 18.4 Å². The number of nitrogens with zero attached hydrogens (tertiary/aromatic N) is 3. The fourth-order valence-corrected chi connectivity index (χ4v) is 3.92. The highest BCUT2D eigenvalue weighted by molar-refractivity contribution is 9.10. The van der Waals surface area contributed by atoms with Crippen molar-refractivity contribution in [1.29, 1.82) is 0 Å². The number of hydrogen-bond donors (Lipinski definition) is 1. The molecule has 0 aliphatic carbocycles. The van der Waals surface area contributed by atoms with Gasteiger partial charge < -0.3 is 5.32 Å². The highest BCUT2D eigenvalue weighted by Crippen LogP contribution is 2.26. The first-order valence-corrected chi connectivity index (χ1v) is 11.3. The summed E-state index contributed by atoms with van der Waals surface area (Å²) in [6.07, 6.45) is 3.44. The molecular formula is C24H22BrClN4O. The second kappa shape index (κ2) is 9.20. The van der Waals surface area contributed by atoms with Crippen molar-refractivity contribution in [3.63, 3.8) is 0 Å². The molecule has 0 saturated heterocycles. The van der Waals surface area contributed by atoms with Gasteiger partial charge in [0.15, 0.2) is 0 Å². The number of carbonyl (C=O) groups is 1. The molecule has 1 N–H and O–H groups in total. The van der Waals surface area contributed by atoms with E-state index in [0.29, 0.717) is 21.8 Å². The molecule has 1 heterocycles. The number of anilines is 1. The maximum Gasteiger partial charge on any atom is 0.257 e. The topological polar surface area (TPSA) is 59.8 Å². The van der Waals surface area contributed by atoms with Gasteiger partial charge >= 0.3 is 0 Å². The average Bonchev–Trinajstić information content (AvgIpc) is 3.17. The summed E-state index contributed by atoms with van der Waals surface area (Å²) in [4.78, 5) is 14.4. The number of unbranched alkanes of at least 4 members (excludes halogenated alkanes) is 1. The second-order valence-corrected chi connectivity index (χ2v) is 8.82. The second-order valence-electron chi connectivity index (χ2n) is 7.49. The zero-order valence-corrected chi connectivity index (χ0v) is 19.7. The third-order valence-corrected chi connectivity index (χ3v) is 5.96. The summed E-state index contributed by atoms with van der Waals surface area (Å²) in [5.41, 5.74) is 5.67. The Morgan fingerprint density at radius 3 is 2.48 bits per heavy atom. The summed E-state index contributed by atoms with van der Waals surface area (Å²) in [7, 11) is 0. The Balaban J connectivity index is 1.60. The summed E-state index contributed by atoms with van der Waals surface area (Å²) < 4.78 is 0.790. The molecule has 0 aliphatic heterocycles. The van der Waals surface area contributed by atoms with Gasteiger partial charge in [0.1, 0.15) is 11.0 Å². The number of hydrogen-bond acceptors (Lipinski definition) is 3. The molecule has 4 rings (SSSR count). The molecule has 0 fully saturated rings. The molecule has 0 bridgehead atoms. The first-order chi connectivity index (χ1) is 14.9. The van der Waals surface area contributed by atoms with Gasteiger partial charge in [0.05, 0.1) is 16.3 Å². The fourth-order valence-electron chi connectivity index (χ4n) is 3.36. The molecule has 1 amide bonds. The van der Waals surface area contributed by atoms with Crippen LogP contribution in [0.15, 0.2) is 59.1 Å². The van der Waals surface area contributed by atoms with Gasteiger partial charge in [-0.15, -0.1) is 10.2 Å². The summed E-state index contributed by atoms with van der Waals surface area (Å²) in [5.74, 6) is -0.274. The van der Waals surface area contributed by atoms with E-state index in [1.807, 2.05) is 31.2 Å². The van der Waals surface area contributed by atoms with Crippen LogP contribution in [0.4, 0.5) is 5.69 Å². The van der Waals surface area contributed by atoms with Crippen LogP contribution in [0.1, 0.15) is 41.3 Å². The molecule has 0 atom stereocenters. The van der Waals surface area contributed by atoms with E-state index in [4.69, 9.17) is 11.6 Å². The van der Waals surface area contributed by atoms with Crippen LogP contribution in [-0.4, -0.2) is 20.9 Å². The third kappa shape index (κ3) is 4.81. The molecule has 158 valence electrons. The molecule has 7 heteroatoms. The molecule has 5 nitrogen and oxygen atoms in total. The lowest BCUT2D eigenvalue weighted by Crippen LogP contribution is -2.13. The first-order valence-electron chi connectivity index (χ1n) is 10.2. The number of amides is 1. The lowest BCUT2D eigenvalue weighted by molar-refractivity contribution is 0.102. The van der Waals surface area contributed by atoms with Crippen molar-refractivity contribution >= 4 is 50.2 Å². The summed E-state index contributed by atoms with van der Waals surface area (Å²) in [5, 5.41) is 12.6. The SMILES string of the molecule is CCCCc1ccc(-n2nc3cc(C)c(NC(=O)c4cc(Br)ccc4Cl)cc3n2)cc1. The molecule has 0 saturated carbocycles. The Hall–Kier alpha value is -2.70. The van der Waals surface area contributed by atoms with Crippen molar-refractivity contribution in [2.45, 2.75) is 33.1 Å². The first kappa shape index (κ1) is 21.5. The Morgan fingerprint density at radius 2 is 1.77 bits per heavy atom. The van der Waals surface area contributed by atoms with Crippen LogP contribution in [0.2, 0.25) is 5.02 Å². The smallest absolute Gasteiger partial charge is 0.257 e. The highest BCUT2D eigenvalue weighted by Gasteiger charge is 2.14. The monoisotopic (exact) mass is 496 g/mol. The van der Waals surface area contributed by atoms with E-state index in [2.05, 4.69) is 50.5 Å². The number of carbonyl (C=O) groups excluding carboxylic acids is 1. The predicted octanol–water partition coefficient (Wildman–Crippen LogP) is 6.74. The van der Waals surface area contributed by atoms with Crippen LogP contribution >= 0.6 is 27.5 Å². The van der Waals surface area contributed by atoms with Gasteiger partial charge in [-0.25, -0.2) is 0 Å². The van der Waals surface area contributed by atoms with Gasteiger partial charge in [0.2, 0.25) is 0 Å². The number of aromatic nitrogens is 3. The van der Waals surface area contributed by atoms with E-state index < -0.39 is 0 Å². The molecule has 0 spiro atoms. The molecule has 31 heavy (non-hydrogen) atoms. The van der Waals surface area contributed by atoms with Crippen molar-refractivity contribution in [2.24, 2.45) is 0 Å². The van der Waals surface area contributed by atoms with E-state index in [0.717, 1.165) is 27.7 Å². The lowest BCUT2D eigenvalue weighted by atomic mass is 10.1. The highest BCUT2D eigenvalue weighted by atomic mass is 79.9. The van der Waals surface area contributed by atoms with Crippen LogP contribution in [0.3, 0.4) is 0 Å². The minimum atomic E-state index is -0.274. The average molecular weight is 498 g/mol. The molecule has 0 unspecified atom stereocenters. The quantitative estimate of drug-likeness (QED) is 0.321. The largest absolute Gasteiger partial charge is 0.322 e. The maximum absolute atomic E-state index is 12.8. The lowest BCUT2D eigenvalue weighted by Gasteiger charge is -2.09. The Labute approximate surface area is 194 Å². The molecule has 3 aromatic carbocycles. The number of aryl methyl sites for hydroxylation is 2. The van der Waals surface area contributed by atoms with Crippen LogP contribution < -0.4 is 5.32 Å². The predicted molar refractivity (Wildman–Crippen MR) is 129 cm³/mol. The fraction of sp³-hybridized carbons (Fsp3) is 0.208. The number of halogens is 2. The minimum absolute atomic E-state index is 0.274. The van der Waals surface area contributed by atoms with Crippen molar-refractivity contribution in [3.8, 4) is 5.69 Å². The van der Waals surface area contributed by atoms with Crippen molar-refractivity contribution in [2.75, 3.05) is 5.32 Å². The molecular weight excluding hydrogens is 476 g/mol.